The van der Waals surface area contributed by atoms with Gasteiger partial charge in [0.05, 0.1) is 0 Å². The molecule has 2 aliphatic rings. The van der Waals surface area contributed by atoms with E-state index in [1.807, 2.05) is 6.92 Å². The van der Waals surface area contributed by atoms with Crippen molar-refractivity contribution in [1.82, 2.24) is 20.9 Å². The highest BCUT2D eigenvalue weighted by Gasteiger charge is 2.33. The third kappa shape index (κ3) is 4.16. The van der Waals surface area contributed by atoms with E-state index >= 15 is 0 Å². The summed E-state index contributed by atoms with van der Waals surface area (Å²) in [7, 11) is 0. The fourth-order valence-corrected chi connectivity index (χ4v) is 3.53. The highest BCUT2D eigenvalue weighted by Crippen LogP contribution is 2.28. The molecule has 0 aromatic heterocycles. The summed E-state index contributed by atoms with van der Waals surface area (Å²) < 4.78 is 5.45. The van der Waals surface area contributed by atoms with Gasteiger partial charge in [-0.1, -0.05) is 24.3 Å². The Morgan fingerprint density at radius 3 is 2.38 bits per heavy atom. The normalized spacial score (nSPS) is 20.8. The average molecular weight is 360 g/mol. The first kappa shape index (κ1) is 18.7. The first-order valence-electron chi connectivity index (χ1n) is 9.29. The zero-order chi connectivity index (χ0) is 18.7. The fourth-order valence-electron chi connectivity index (χ4n) is 3.53. The molecule has 0 unspecified atom stereocenters. The lowest BCUT2D eigenvalue weighted by Crippen LogP contribution is -2.69. The van der Waals surface area contributed by atoms with Crippen LogP contribution in [0.15, 0.2) is 24.3 Å². The molecule has 3 N–H and O–H groups in total. The van der Waals surface area contributed by atoms with E-state index in [4.69, 9.17) is 4.74 Å². The summed E-state index contributed by atoms with van der Waals surface area (Å²) in [5.41, 5.74) is 2.45. The molecule has 0 saturated carbocycles. The van der Waals surface area contributed by atoms with E-state index in [0.29, 0.717) is 5.92 Å². The topological polar surface area (TPSA) is 82.7 Å². The summed E-state index contributed by atoms with van der Waals surface area (Å²) in [6.07, 6.45) is 1.50. The van der Waals surface area contributed by atoms with E-state index in [2.05, 4.69) is 40.2 Å². The van der Waals surface area contributed by atoms with E-state index in [9.17, 15) is 9.59 Å². The van der Waals surface area contributed by atoms with Crippen LogP contribution >= 0.6 is 0 Å². The lowest BCUT2D eigenvalue weighted by atomic mass is 9.90. The van der Waals surface area contributed by atoms with Crippen LogP contribution in [0.25, 0.3) is 0 Å². The van der Waals surface area contributed by atoms with Gasteiger partial charge in [0.2, 0.25) is 0 Å². The molecule has 142 valence electrons. The van der Waals surface area contributed by atoms with Crippen LogP contribution in [0.2, 0.25) is 0 Å². The zero-order valence-corrected chi connectivity index (χ0v) is 15.6. The standard InChI is InChI=1S/C19H28N4O3/c1-12(2)23-18(24)21-17(22-19(23)25)20-13(3)15-5-4-6-16(11-15)14-7-9-26-10-8-14/h4-6,11-14,17,20H,7-10H2,1-3H3,(H,21,24)(H,22,25)/t13-/m0/s1. The number of hydrogen-bond acceptors (Lipinski definition) is 4. The number of carbonyl (C=O) groups excluding carboxylic acids is 2. The largest absolute Gasteiger partial charge is 0.381 e. The molecule has 1 aromatic rings. The minimum atomic E-state index is -0.591. The number of benzene rings is 1. The molecule has 1 atom stereocenters. The maximum Gasteiger partial charge on any atom is 0.328 e. The van der Waals surface area contributed by atoms with Crippen LogP contribution in [-0.2, 0) is 4.74 Å². The van der Waals surface area contributed by atoms with Gasteiger partial charge in [-0.15, -0.1) is 0 Å². The van der Waals surface area contributed by atoms with Gasteiger partial charge in [0, 0.05) is 25.3 Å². The highest BCUT2D eigenvalue weighted by molar-refractivity contribution is 5.96. The molecular weight excluding hydrogens is 332 g/mol. The van der Waals surface area contributed by atoms with Gasteiger partial charge in [-0.25, -0.2) is 14.5 Å². The van der Waals surface area contributed by atoms with E-state index in [-0.39, 0.29) is 24.1 Å². The summed E-state index contributed by atoms with van der Waals surface area (Å²) in [6.45, 7) is 7.26. The second-order valence-corrected chi connectivity index (χ2v) is 7.24. The van der Waals surface area contributed by atoms with Crippen molar-refractivity contribution in [2.75, 3.05) is 13.2 Å². The number of rotatable bonds is 5. The Morgan fingerprint density at radius 1 is 1.12 bits per heavy atom. The van der Waals surface area contributed by atoms with E-state index in [1.165, 1.54) is 10.5 Å². The summed E-state index contributed by atoms with van der Waals surface area (Å²) >= 11 is 0. The van der Waals surface area contributed by atoms with Gasteiger partial charge in [0.25, 0.3) is 0 Å². The quantitative estimate of drug-likeness (QED) is 0.754. The van der Waals surface area contributed by atoms with E-state index < -0.39 is 6.29 Å². The molecule has 7 nitrogen and oxygen atoms in total. The molecule has 2 fully saturated rings. The smallest absolute Gasteiger partial charge is 0.328 e. The lowest BCUT2D eigenvalue weighted by molar-refractivity contribution is 0.0853. The Balaban J connectivity index is 1.64. The molecule has 2 aliphatic heterocycles. The van der Waals surface area contributed by atoms with Crippen molar-refractivity contribution in [3.8, 4) is 0 Å². The van der Waals surface area contributed by atoms with Gasteiger partial charge in [0.1, 0.15) is 0 Å². The Kier molecular flexibility index (Phi) is 5.78. The second kappa shape index (κ2) is 8.05. The van der Waals surface area contributed by atoms with Crippen molar-refractivity contribution >= 4 is 12.1 Å². The lowest BCUT2D eigenvalue weighted by Gasteiger charge is -2.36. The molecular formula is C19H28N4O3. The van der Waals surface area contributed by atoms with Gasteiger partial charge in [-0.3, -0.25) is 5.32 Å². The number of hydrogen-bond donors (Lipinski definition) is 3. The molecule has 2 heterocycles. The van der Waals surface area contributed by atoms with Gasteiger partial charge in [-0.2, -0.15) is 0 Å². The predicted molar refractivity (Wildman–Crippen MR) is 98.6 cm³/mol. The number of amides is 4. The van der Waals surface area contributed by atoms with Gasteiger partial charge >= 0.3 is 12.1 Å². The average Bonchev–Trinajstić information content (AvgIpc) is 2.61. The molecule has 7 heteroatoms. The second-order valence-electron chi connectivity index (χ2n) is 7.24. The molecule has 0 spiro atoms. The molecule has 0 aliphatic carbocycles. The van der Waals surface area contributed by atoms with Crippen molar-refractivity contribution in [1.29, 1.82) is 0 Å². The van der Waals surface area contributed by atoms with Crippen LogP contribution in [0.5, 0.6) is 0 Å². The highest BCUT2D eigenvalue weighted by atomic mass is 16.5. The molecule has 2 saturated heterocycles. The minimum absolute atomic E-state index is 0.0222. The minimum Gasteiger partial charge on any atom is -0.381 e. The molecule has 0 bridgehead atoms. The van der Waals surface area contributed by atoms with Gasteiger partial charge < -0.3 is 15.4 Å². The van der Waals surface area contributed by atoms with E-state index in [1.54, 1.807) is 13.8 Å². The van der Waals surface area contributed by atoms with Gasteiger partial charge in [0.15, 0.2) is 6.29 Å². The van der Waals surface area contributed by atoms with Crippen molar-refractivity contribution in [2.45, 2.75) is 57.9 Å². The number of carbonyl (C=O) groups is 2. The number of ether oxygens (including phenoxy) is 1. The molecule has 3 rings (SSSR count). The van der Waals surface area contributed by atoms with Crippen molar-refractivity contribution in [3.63, 3.8) is 0 Å². The summed E-state index contributed by atoms with van der Waals surface area (Å²) in [5.74, 6) is 0.532. The molecule has 1 aromatic carbocycles. The first-order valence-corrected chi connectivity index (χ1v) is 9.29. The fraction of sp³-hybridized carbons (Fsp3) is 0.579. The Hall–Kier alpha value is -2.12. The van der Waals surface area contributed by atoms with Crippen molar-refractivity contribution in [2.24, 2.45) is 0 Å². The van der Waals surface area contributed by atoms with Gasteiger partial charge in [-0.05, 0) is 50.7 Å². The van der Waals surface area contributed by atoms with Crippen LogP contribution in [0.1, 0.15) is 56.7 Å². The predicted octanol–water partition coefficient (Wildman–Crippen LogP) is 2.66. The SMILES string of the molecule is CC(C)N1C(=O)NC(N[C@@H](C)c2cccc(C3CCOCC3)c2)NC1=O. The monoisotopic (exact) mass is 360 g/mol. The third-order valence-electron chi connectivity index (χ3n) is 5.01. The van der Waals surface area contributed by atoms with Crippen LogP contribution < -0.4 is 16.0 Å². The van der Waals surface area contributed by atoms with Crippen LogP contribution in [0.3, 0.4) is 0 Å². The Morgan fingerprint density at radius 2 is 1.77 bits per heavy atom. The Labute approximate surface area is 154 Å². The molecule has 4 amide bonds. The third-order valence-corrected chi connectivity index (χ3v) is 5.01. The number of nitrogens with one attached hydrogen (secondary N) is 3. The van der Waals surface area contributed by atoms with Crippen LogP contribution in [0.4, 0.5) is 9.59 Å². The molecule has 26 heavy (non-hydrogen) atoms. The maximum atomic E-state index is 12.1. The number of imide groups is 1. The molecule has 0 radical (unpaired) electrons. The van der Waals surface area contributed by atoms with Crippen molar-refractivity contribution in [3.05, 3.63) is 35.4 Å². The van der Waals surface area contributed by atoms with E-state index in [0.717, 1.165) is 31.6 Å². The maximum absolute atomic E-state index is 12.1. The Bertz CT molecular complexity index is 640. The number of urea groups is 2. The van der Waals surface area contributed by atoms with Crippen molar-refractivity contribution < 1.29 is 14.3 Å². The van der Waals surface area contributed by atoms with Crippen LogP contribution in [0, 0.1) is 0 Å². The first-order chi connectivity index (χ1) is 12.5. The van der Waals surface area contributed by atoms with Crippen LogP contribution in [-0.4, -0.2) is 42.5 Å². The summed E-state index contributed by atoms with van der Waals surface area (Å²) in [4.78, 5) is 25.4. The summed E-state index contributed by atoms with van der Waals surface area (Å²) in [5, 5.41) is 8.84. The zero-order valence-electron chi connectivity index (χ0n) is 15.6. The number of nitrogens with zero attached hydrogens (tertiary/aromatic N) is 1. The summed E-state index contributed by atoms with van der Waals surface area (Å²) in [6, 6.07) is 7.52.